The highest BCUT2D eigenvalue weighted by molar-refractivity contribution is 5.98. The molecule has 3 heterocycles. The second-order valence-corrected chi connectivity index (χ2v) is 10.8. The van der Waals surface area contributed by atoms with Crippen LogP contribution >= 0.6 is 0 Å². The van der Waals surface area contributed by atoms with Crippen LogP contribution in [0.4, 0.5) is 0 Å². The van der Waals surface area contributed by atoms with Crippen LogP contribution in [0.2, 0.25) is 0 Å². The summed E-state index contributed by atoms with van der Waals surface area (Å²) in [5.41, 5.74) is -1.85. The van der Waals surface area contributed by atoms with E-state index in [4.69, 9.17) is 9.47 Å². The Morgan fingerprint density at radius 3 is 2.50 bits per heavy atom. The van der Waals surface area contributed by atoms with E-state index in [-0.39, 0.29) is 37.0 Å². The Kier molecular flexibility index (Phi) is 7.30. The van der Waals surface area contributed by atoms with E-state index in [1.807, 2.05) is 20.8 Å². The van der Waals surface area contributed by atoms with Crippen LogP contribution in [-0.2, 0) is 23.9 Å². The minimum atomic E-state index is -1.07. The molecule has 0 aromatic carbocycles. The molecule has 4 fully saturated rings. The Balaban J connectivity index is 1.76. The van der Waals surface area contributed by atoms with Crippen molar-refractivity contribution in [3.63, 3.8) is 0 Å². The molecule has 2 N–H and O–H groups in total. The lowest BCUT2D eigenvalue weighted by molar-refractivity contribution is -0.162. The fraction of sp³-hybridized carbons (Fsp3) is 0.885. The average molecular weight is 479 g/mol. The van der Waals surface area contributed by atoms with Crippen LogP contribution in [0.25, 0.3) is 0 Å². The Morgan fingerprint density at radius 1 is 1.21 bits per heavy atom. The molecule has 8 nitrogen and oxygen atoms in total. The molecule has 1 aliphatic carbocycles. The molecule has 2 unspecified atom stereocenters. The van der Waals surface area contributed by atoms with Gasteiger partial charge in [0.15, 0.2) is 0 Å². The van der Waals surface area contributed by atoms with E-state index in [0.29, 0.717) is 19.3 Å². The van der Waals surface area contributed by atoms with Gasteiger partial charge in [-0.25, -0.2) is 0 Å². The summed E-state index contributed by atoms with van der Waals surface area (Å²) in [7, 11) is 0. The smallest absolute Gasteiger partial charge is 0.312 e. The van der Waals surface area contributed by atoms with Crippen molar-refractivity contribution >= 4 is 17.8 Å². The quantitative estimate of drug-likeness (QED) is 0.494. The number of hydrogen-bond donors (Lipinski definition) is 2. The molecule has 4 rings (SSSR count). The summed E-state index contributed by atoms with van der Waals surface area (Å²) in [5.74, 6) is -2.38. The topological polar surface area (TPSA) is 105 Å². The van der Waals surface area contributed by atoms with Crippen molar-refractivity contribution < 1.29 is 29.0 Å². The van der Waals surface area contributed by atoms with Gasteiger partial charge in [-0.15, -0.1) is 0 Å². The second kappa shape index (κ2) is 9.76. The van der Waals surface area contributed by atoms with Gasteiger partial charge in [-0.05, 0) is 44.9 Å². The van der Waals surface area contributed by atoms with Crippen LogP contribution in [0.15, 0.2) is 0 Å². The molecule has 0 aromatic rings. The molecule has 4 aliphatic rings. The van der Waals surface area contributed by atoms with Crippen molar-refractivity contribution in [3.8, 4) is 0 Å². The van der Waals surface area contributed by atoms with E-state index >= 15 is 0 Å². The summed E-state index contributed by atoms with van der Waals surface area (Å²) in [6.07, 6.45) is 7.70. The summed E-state index contributed by atoms with van der Waals surface area (Å²) >= 11 is 0. The number of nitrogens with one attached hydrogen (secondary N) is 1. The number of aliphatic hydroxyl groups excluding tert-OH is 1. The predicted molar refractivity (Wildman–Crippen MR) is 126 cm³/mol. The Bertz CT molecular complexity index is 798. The molecule has 2 amide bonds. The van der Waals surface area contributed by atoms with E-state index in [1.165, 1.54) is 6.42 Å². The SMILES string of the molecule is CCOC(=O)[C@H]1[C@H]2C(=O)N([C@@H](CO)[C@@H](C)CC)C(C(=O)NC3CCCCC3)C23CC[C@]1(CC)O3. The highest BCUT2D eigenvalue weighted by Crippen LogP contribution is 2.64. The van der Waals surface area contributed by atoms with Gasteiger partial charge in [0.05, 0.1) is 30.8 Å². The van der Waals surface area contributed by atoms with Gasteiger partial charge in [0.1, 0.15) is 17.6 Å². The third-order valence-electron chi connectivity index (χ3n) is 9.20. The van der Waals surface area contributed by atoms with Crippen molar-refractivity contribution in [2.24, 2.45) is 17.8 Å². The maximum absolute atomic E-state index is 14.1. The lowest BCUT2D eigenvalue weighted by Crippen LogP contribution is -2.60. The van der Waals surface area contributed by atoms with Crippen LogP contribution < -0.4 is 5.32 Å². The summed E-state index contributed by atoms with van der Waals surface area (Å²) < 4.78 is 12.2. The Morgan fingerprint density at radius 2 is 1.91 bits per heavy atom. The molecule has 1 saturated carbocycles. The highest BCUT2D eigenvalue weighted by atomic mass is 16.6. The number of rotatable bonds is 9. The van der Waals surface area contributed by atoms with Gasteiger partial charge in [-0.1, -0.05) is 46.5 Å². The van der Waals surface area contributed by atoms with Crippen molar-refractivity contribution in [1.82, 2.24) is 10.2 Å². The Labute approximate surface area is 203 Å². The molecule has 0 aromatic heterocycles. The summed E-state index contributed by atoms with van der Waals surface area (Å²) in [6.45, 7) is 7.73. The van der Waals surface area contributed by atoms with Crippen LogP contribution in [0.1, 0.15) is 85.5 Å². The fourth-order valence-electron chi connectivity index (χ4n) is 7.24. The standard InChI is InChI=1S/C26H42N2O6/c1-5-16(4)18(15-29)28-21(22(30)27-17-11-9-8-10-12-17)26-14-13-25(6-2,34-26)20(19(26)23(28)31)24(32)33-7-3/h16-21,29H,5-15H2,1-4H3,(H,27,30)/t16-,18-,19-,20+,21?,25-,26?/m0/s1. The highest BCUT2D eigenvalue weighted by Gasteiger charge is 2.79. The zero-order chi connectivity index (χ0) is 24.7. The summed E-state index contributed by atoms with van der Waals surface area (Å²) in [5, 5.41) is 13.6. The molecule has 7 atom stereocenters. The van der Waals surface area contributed by atoms with Crippen LogP contribution in [0.5, 0.6) is 0 Å². The predicted octanol–water partition coefficient (Wildman–Crippen LogP) is 2.56. The van der Waals surface area contributed by atoms with Crippen LogP contribution in [0.3, 0.4) is 0 Å². The number of carbonyl (C=O) groups excluding carboxylic acids is 3. The van der Waals surface area contributed by atoms with Gasteiger partial charge in [-0.3, -0.25) is 14.4 Å². The third-order valence-corrected chi connectivity index (χ3v) is 9.20. The maximum Gasteiger partial charge on any atom is 0.312 e. The first-order chi connectivity index (χ1) is 16.3. The van der Waals surface area contributed by atoms with Crippen molar-refractivity contribution in [2.75, 3.05) is 13.2 Å². The fourth-order valence-corrected chi connectivity index (χ4v) is 7.24. The second-order valence-electron chi connectivity index (χ2n) is 10.8. The molecule has 1 spiro atoms. The van der Waals surface area contributed by atoms with Gasteiger partial charge >= 0.3 is 5.97 Å². The van der Waals surface area contributed by atoms with E-state index in [0.717, 1.165) is 32.1 Å². The molecular weight excluding hydrogens is 436 g/mol. The third kappa shape index (κ3) is 3.76. The first kappa shape index (κ1) is 25.4. The van der Waals surface area contributed by atoms with E-state index < -0.39 is 41.1 Å². The normalized spacial score (nSPS) is 36.9. The number of amides is 2. The van der Waals surface area contributed by atoms with Crippen molar-refractivity contribution in [3.05, 3.63) is 0 Å². The summed E-state index contributed by atoms with van der Waals surface area (Å²) in [4.78, 5) is 42.8. The van der Waals surface area contributed by atoms with Gasteiger partial charge in [0, 0.05) is 6.04 Å². The molecule has 8 heteroatoms. The maximum atomic E-state index is 14.1. The van der Waals surface area contributed by atoms with Crippen molar-refractivity contribution in [1.29, 1.82) is 0 Å². The lowest BCUT2D eigenvalue weighted by Gasteiger charge is -2.40. The molecule has 34 heavy (non-hydrogen) atoms. The molecular formula is C26H42N2O6. The van der Waals surface area contributed by atoms with E-state index in [2.05, 4.69) is 5.32 Å². The molecule has 2 bridgehead atoms. The number of esters is 1. The first-order valence-corrected chi connectivity index (χ1v) is 13.4. The lowest BCUT2D eigenvalue weighted by atomic mass is 9.65. The number of carbonyl (C=O) groups is 3. The van der Waals surface area contributed by atoms with Gasteiger partial charge in [0.2, 0.25) is 11.8 Å². The van der Waals surface area contributed by atoms with Crippen LogP contribution in [-0.4, -0.2) is 70.3 Å². The number of likely N-dealkylation sites (tertiary alicyclic amines) is 1. The Hall–Kier alpha value is -1.67. The van der Waals surface area contributed by atoms with Crippen LogP contribution in [0, 0.1) is 17.8 Å². The number of nitrogens with zero attached hydrogens (tertiary/aromatic N) is 1. The van der Waals surface area contributed by atoms with Crippen molar-refractivity contribution in [2.45, 2.75) is 115 Å². The number of aliphatic hydroxyl groups is 1. The number of fused-ring (bicyclic) bond motifs is 1. The molecule has 3 saturated heterocycles. The van der Waals surface area contributed by atoms with E-state index in [9.17, 15) is 19.5 Å². The minimum Gasteiger partial charge on any atom is -0.466 e. The van der Waals surface area contributed by atoms with Gasteiger partial charge in [0.25, 0.3) is 0 Å². The van der Waals surface area contributed by atoms with E-state index in [1.54, 1.807) is 11.8 Å². The van der Waals surface area contributed by atoms with Gasteiger partial charge in [-0.2, -0.15) is 0 Å². The van der Waals surface area contributed by atoms with Gasteiger partial charge < -0.3 is 24.8 Å². The first-order valence-electron chi connectivity index (χ1n) is 13.4. The zero-order valence-corrected chi connectivity index (χ0v) is 21.2. The zero-order valence-electron chi connectivity index (χ0n) is 21.2. The minimum absolute atomic E-state index is 0.00691. The molecule has 3 aliphatic heterocycles. The number of ether oxygens (including phenoxy) is 2. The summed E-state index contributed by atoms with van der Waals surface area (Å²) in [6, 6.07) is -1.28. The molecule has 0 radical (unpaired) electrons. The number of hydrogen-bond acceptors (Lipinski definition) is 6. The monoisotopic (exact) mass is 478 g/mol. The average Bonchev–Trinajstić information content (AvgIpc) is 3.44. The largest absolute Gasteiger partial charge is 0.466 e. The molecule has 192 valence electrons.